The van der Waals surface area contributed by atoms with E-state index in [4.69, 9.17) is 0 Å². The zero-order chi connectivity index (χ0) is 17.0. The number of carbonyl (C=O) groups is 3. The Labute approximate surface area is 136 Å². The van der Waals surface area contributed by atoms with Gasteiger partial charge in [-0.2, -0.15) is 5.01 Å². The highest BCUT2D eigenvalue weighted by Crippen LogP contribution is 2.22. The lowest BCUT2D eigenvalue weighted by atomic mass is 9.93. The van der Waals surface area contributed by atoms with Gasteiger partial charge in [0.15, 0.2) is 0 Å². The van der Waals surface area contributed by atoms with Crippen LogP contribution in [0, 0.1) is 5.92 Å². The first-order valence-corrected chi connectivity index (χ1v) is 7.88. The molecule has 1 aromatic carbocycles. The number of amides is 4. The number of benzene rings is 1. The van der Waals surface area contributed by atoms with Crippen molar-refractivity contribution in [3.05, 3.63) is 35.9 Å². The molecule has 1 heterocycles. The van der Waals surface area contributed by atoms with E-state index >= 15 is 0 Å². The number of carbonyl (C=O) groups excluding carboxylic acids is 3. The Balaban J connectivity index is 2.03. The highest BCUT2D eigenvalue weighted by atomic mass is 16.2. The zero-order valence-corrected chi connectivity index (χ0v) is 13.8. The van der Waals surface area contributed by atoms with Crippen molar-refractivity contribution in [1.29, 1.82) is 0 Å². The third-order valence-corrected chi connectivity index (χ3v) is 4.30. The smallest absolute Gasteiger partial charge is 0.322 e. The second-order valence-electron chi connectivity index (χ2n) is 6.17. The summed E-state index contributed by atoms with van der Waals surface area (Å²) in [5.41, 5.74) is 2.51. The van der Waals surface area contributed by atoms with Crippen LogP contribution >= 0.6 is 0 Å². The van der Waals surface area contributed by atoms with Crippen molar-refractivity contribution >= 4 is 17.8 Å². The van der Waals surface area contributed by atoms with Crippen molar-refractivity contribution < 1.29 is 14.4 Å². The second kappa shape index (κ2) is 6.81. The Hall–Kier alpha value is -2.37. The van der Waals surface area contributed by atoms with Gasteiger partial charge in [0.05, 0.1) is 0 Å². The van der Waals surface area contributed by atoms with E-state index in [-0.39, 0.29) is 11.8 Å². The largest absolute Gasteiger partial charge is 0.344 e. The van der Waals surface area contributed by atoms with E-state index in [1.165, 1.54) is 0 Å². The van der Waals surface area contributed by atoms with Crippen molar-refractivity contribution in [2.45, 2.75) is 45.6 Å². The van der Waals surface area contributed by atoms with E-state index in [1.54, 1.807) is 13.8 Å². The molecule has 0 aliphatic carbocycles. The van der Waals surface area contributed by atoms with Gasteiger partial charge in [-0.05, 0) is 31.7 Å². The van der Waals surface area contributed by atoms with Crippen molar-refractivity contribution in [2.75, 3.05) is 0 Å². The summed E-state index contributed by atoms with van der Waals surface area (Å²) in [7, 11) is 0. The average Bonchev–Trinajstić information content (AvgIpc) is 2.77. The molecular weight excluding hydrogens is 294 g/mol. The molecule has 2 atom stereocenters. The average molecular weight is 317 g/mol. The minimum atomic E-state index is -1.00. The van der Waals surface area contributed by atoms with Gasteiger partial charge < -0.3 is 5.32 Å². The minimum absolute atomic E-state index is 0.258. The van der Waals surface area contributed by atoms with Crippen LogP contribution in [0.4, 0.5) is 4.79 Å². The monoisotopic (exact) mass is 317 g/mol. The van der Waals surface area contributed by atoms with Gasteiger partial charge >= 0.3 is 6.03 Å². The lowest BCUT2D eigenvalue weighted by Gasteiger charge is -2.22. The van der Waals surface area contributed by atoms with E-state index in [2.05, 4.69) is 10.7 Å². The molecule has 124 valence electrons. The zero-order valence-electron chi connectivity index (χ0n) is 13.8. The Bertz CT molecular complexity index is 602. The number of rotatable bonds is 6. The van der Waals surface area contributed by atoms with E-state index in [9.17, 15) is 14.4 Å². The number of hydrogen-bond acceptors (Lipinski definition) is 3. The molecule has 23 heavy (non-hydrogen) atoms. The molecule has 6 nitrogen and oxygen atoms in total. The third kappa shape index (κ3) is 3.70. The quantitative estimate of drug-likeness (QED) is 0.788. The first kappa shape index (κ1) is 17.0. The number of aryl methyl sites for hydroxylation is 1. The Morgan fingerprint density at radius 1 is 1.30 bits per heavy atom. The van der Waals surface area contributed by atoms with Crippen LogP contribution in [-0.4, -0.2) is 28.4 Å². The van der Waals surface area contributed by atoms with Gasteiger partial charge in [-0.15, -0.1) is 0 Å². The molecule has 1 aliphatic heterocycles. The summed E-state index contributed by atoms with van der Waals surface area (Å²) in [6, 6.07) is 9.18. The molecular formula is C17H23N3O3. The van der Waals surface area contributed by atoms with E-state index < -0.39 is 17.5 Å². The molecule has 1 fully saturated rings. The SMILES string of the molecule is CCC(C)C(=O)NN1C(=O)NC(C)(CCc2ccccc2)C1=O. The Morgan fingerprint density at radius 3 is 2.57 bits per heavy atom. The fraction of sp³-hybridized carbons (Fsp3) is 0.471. The second-order valence-corrected chi connectivity index (χ2v) is 6.17. The molecule has 0 spiro atoms. The number of hydrogen-bond donors (Lipinski definition) is 2. The van der Waals surface area contributed by atoms with Crippen molar-refractivity contribution in [1.82, 2.24) is 15.8 Å². The van der Waals surface area contributed by atoms with Crippen LogP contribution in [0.1, 0.15) is 39.2 Å². The standard InChI is InChI=1S/C17H23N3O3/c1-4-12(2)14(21)19-20-15(22)17(3,18-16(20)23)11-10-13-8-6-5-7-9-13/h5-9,12H,4,10-11H2,1-3H3,(H,18,23)(H,19,21). The first-order valence-electron chi connectivity index (χ1n) is 7.88. The molecule has 1 saturated heterocycles. The van der Waals surface area contributed by atoms with Crippen LogP contribution in [-0.2, 0) is 16.0 Å². The summed E-state index contributed by atoms with van der Waals surface area (Å²) in [6.45, 7) is 5.31. The topological polar surface area (TPSA) is 78.5 Å². The van der Waals surface area contributed by atoms with Gasteiger partial charge in [0.2, 0.25) is 5.91 Å². The molecule has 0 radical (unpaired) electrons. The van der Waals surface area contributed by atoms with Crippen LogP contribution in [0.3, 0.4) is 0 Å². The fourth-order valence-electron chi connectivity index (χ4n) is 2.40. The van der Waals surface area contributed by atoms with Crippen LogP contribution in [0.25, 0.3) is 0 Å². The summed E-state index contributed by atoms with van der Waals surface area (Å²) in [5, 5.41) is 3.49. The van der Waals surface area contributed by atoms with Crippen LogP contribution in [0.2, 0.25) is 0 Å². The molecule has 2 N–H and O–H groups in total. The summed E-state index contributed by atoms with van der Waals surface area (Å²) >= 11 is 0. The summed E-state index contributed by atoms with van der Waals surface area (Å²) in [4.78, 5) is 36.5. The van der Waals surface area contributed by atoms with Gasteiger partial charge in [-0.1, -0.05) is 44.2 Å². The molecule has 2 unspecified atom stereocenters. The minimum Gasteiger partial charge on any atom is -0.322 e. The van der Waals surface area contributed by atoms with Crippen LogP contribution < -0.4 is 10.7 Å². The highest BCUT2D eigenvalue weighted by molar-refractivity contribution is 6.07. The maximum atomic E-state index is 12.5. The molecule has 1 aliphatic rings. The number of hydrazine groups is 1. The molecule has 0 aromatic heterocycles. The van der Waals surface area contributed by atoms with Gasteiger partial charge in [-0.25, -0.2) is 4.79 Å². The molecule has 6 heteroatoms. The fourth-order valence-corrected chi connectivity index (χ4v) is 2.40. The van der Waals surface area contributed by atoms with E-state index in [0.717, 1.165) is 10.6 Å². The number of imide groups is 1. The Kier molecular flexibility index (Phi) is 5.03. The van der Waals surface area contributed by atoms with E-state index in [0.29, 0.717) is 19.3 Å². The number of urea groups is 1. The molecule has 4 amide bonds. The highest BCUT2D eigenvalue weighted by Gasteiger charge is 2.48. The predicted molar refractivity (Wildman–Crippen MR) is 86.1 cm³/mol. The van der Waals surface area contributed by atoms with Crippen molar-refractivity contribution in [3.63, 3.8) is 0 Å². The van der Waals surface area contributed by atoms with Gasteiger partial charge in [0.1, 0.15) is 5.54 Å². The van der Waals surface area contributed by atoms with Gasteiger partial charge in [-0.3, -0.25) is 15.0 Å². The Morgan fingerprint density at radius 2 is 1.96 bits per heavy atom. The number of nitrogens with one attached hydrogen (secondary N) is 2. The summed E-state index contributed by atoms with van der Waals surface area (Å²) in [5.74, 6) is -1.01. The lowest BCUT2D eigenvalue weighted by Crippen LogP contribution is -2.50. The van der Waals surface area contributed by atoms with Gasteiger partial charge in [0, 0.05) is 5.92 Å². The first-order chi connectivity index (χ1) is 10.9. The summed E-state index contributed by atoms with van der Waals surface area (Å²) in [6.07, 6.45) is 1.77. The molecule has 2 rings (SSSR count). The van der Waals surface area contributed by atoms with Crippen molar-refractivity contribution in [3.8, 4) is 0 Å². The normalized spacial score (nSPS) is 22.0. The molecule has 1 aromatic rings. The number of nitrogens with zero attached hydrogens (tertiary/aromatic N) is 1. The molecule has 0 saturated carbocycles. The summed E-state index contributed by atoms with van der Waals surface area (Å²) < 4.78 is 0. The third-order valence-electron chi connectivity index (χ3n) is 4.30. The van der Waals surface area contributed by atoms with E-state index in [1.807, 2.05) is 37.3 Å². The maximum absolute atomic E-state index is 12.5. The maximum Gasteiger partial charge on any atom is 0.344 e. The van der Waals surface area contributed by atoms with Crippen LogP contribution in [0.5, 0.6) is 0 Å². The predicted octanol–water partition coefficient (Wildman–Crippen LogP) is 2.01. The lowest BCUT2D eigenvalue weighted by molar-refractivity contribution is -0.140. The molecule has 0 bridgehead atoms. The van der Waals surface area contributed by atoms with Gasteiger partial charge in [0.25, 0.3) is 5.91 Å². The van der Waals surface area contributed by atoms with Crippen LogP contribution in [0.15, 0.2) is 30.3 Å². The van der Waals surface area contributed by atoms with Crippen molar-refractivity contribution in [2.24, 2.45) is 5.92 Å².